The summed E-state index contributed by atoms with van der Waals surface area (Å²) in [4.78, 5) is 16.6. The zero-order valence-electron chi connectivity index (χ0n) is 14.9. The molecule has 140 valence electrons. The molecule has 0 spiro atoms. The lowest BCUT2D eigenvalue weighted by atomic mass is 10.2. The highest BCUT2D eigenvalue weighted by Gasteiger charge is 2.15. The van der Waals surface area contributed by atoms with Gasteiger partial charge < -0.3 is 16.0 Å². The molecule has 7 heteroatoms. The highest BCUT2D eigenvalue weighted by atomic mass is 127. The van der Waals surface area contributed by atoms with Gasteiger partial charge in [0.15, 0.2) is 5.96 Å². The third kappa shape index (κ3) is 7.40. The molecule has 1 aliphatic rings. The molecule has 25 heavy (non-hydrogen) atoms. The van der Waals surface area contributed by atoms with Crippen LogP contribution in [0.4, 0.5) is 5.69 Å². The third-order valence-corrected chi connectivity index (χ3v) is 4.60. The summed E-state index contributed by atoms with van der Waals surface area (Å²) in [6, 6.07) is 6.01. The van der Waals surface area contributed by atoms with Gasteiger partial charge in [-0.2, -0.15) is 0 Å². The van der Waals surface area contributed by atoms with Gasteiger partial charge in [-0.05, 0) is 44.4 Å². The molecule has 0 saturated heterocycles. The van der Waals surface area contributed by atoms with Gasteiger partial charge in [-0.3, -0.25) is 9.79 Å². The van der Waals surface area contributed by atoms with Crippen LogP contribution in [0, 0.1) is 6.92 Å². The van der Waals surface area contributed by atoms with Crippen LogP contribution in [0.15, 0.2) is 23.2 Å². The van der Waals surface area contributed by atoms with Crippen LogP contribution in [-0.2, 0) is 4.79 Å². The standard InChI is InChI=1S/C18H27ClN4O.HI/c1-3-20-18(22-14-7-4-5-8-14)21-12-11-17(24)23-16-10-6-9-15(19)13(16)2;/h6,9-10,14H,3-5,7-8,11-12H2,1-2H3,(H,23,24)(H2,20,21,22);1H. The number of nitrogens with zero attached hydrogens (tertiary/aromatic N) is 1. The van der Waals surface area contributed by atoms with Gasteiger partial charge in [-0.15, -0.1) is 24.0 Å². The lowest BCUT2D eigenvalue weighted by molar-refractivity contribution is -0.116. The van der Waals surface area contributed by atoms with Crippen LogP contribution in [-0.4, -0.2) is 31.0 Å². The van der Waals surface area contributed by atoms with Gasteiger partial charge in [-0.1, -0.05) is 30.5 Å². The van der Waals surface area contributed by atoms with E-state index < -0.39 is 0 Å². The van der Waals surface area contributed by atoms with E-state index in [4.69, 9.17) is 11.6 Å². The quantitative estimate of drug-likeness (QED) is 0.328. The minimum absolute atomic E-state index is 0. The van der Waals surface area contributed by atoms with Crippen LogP contribution < -0.4 is 16.0 Å². The molecule has 2 rings (SSSR count). The first-order valence-electron chi connectivity index (χ1n) is 8.70. The summed E-state index contributed by atoms with van der Waals surface area (Å²) in [5, 5.41) is 10.2. The molecule has 0 radical (unpaired) electrons. The summed E-state index contributed by atoms with van der Waals surface area (Å²) in [6.07, 6.45) is 5.28. The maximum Gasteiger partial charge on any atom is 0.226 e. The molecule has 0 bridgehead atoms. The zero-order valence-corrected chi connectivity index (χ0v) is 18.0. The molecule has 1 aliphatic carbocycles. The van der Waals surface area contributed by atoms with E-state index in [9.17, 15) is 4.79 Å². The Bertz CT molecular complexity index is 588. The highest BCUT2D eigenvalue weighted by molar-refractivity contribution is 14.0. The number of hydrogen-bond donors (Lipinski definition) is 3. The summed E-state index contributed by atoms with van der Waals surface area (Å²) < 4.78 is 0. The van der Waals surface area contributed by atoms with Crippen LogP contribution in [0.3, 0.4) is 0 Å². The van der Waals surface area contributed by atoms with Crippen LogP contribution in [0.25, 0.3) is 0 Å². The van der Waals surface area contributed by atoms with E-state index in [1.807, 2.05) is 32.0 Å². The number of halogens is 2. The van der Waals surface area contributed by atoms with E-state index in [0.29, 0.717) is 24.0 Å². The molecule has 0 aliphatic heterocycles. The molecule has 1 fully saturated rings. The number of carbonyl (C=O) groups is 1. The molecule has 0 atom stereocenters. The summed E-state index contributed by atoms with van der Waals surface area (Å²) >= 11 is 6.07. The van der Waals surface area contributed by atoms with E-state index in [-0.39, 0.29) is 29.9 Å². The van der Waals surface area contributed by atoms with Crippen LogP contribution in [0.2, 0.25) is 5.02 Å². The predicted octanol–water partition coefficient (Wildman–Crippen LogP) is 4.09. The monoisotopic (exact) mass is 478 g/mol. The second-order valence-corrected chi connectivity index (χ2v) is 6.50. The van der Waals surface area contributed by atoms with Crippen molar-refractivity contribution in [3.05, 3.63) is 28.8 Å². The molecule has 0 unspecified atom stereocenters. The number of guanidine groups is 1. The summed E-state index contributed by atoms with van der Waals surface area (Å²) in [6.45, 7) is 5.20. The van der Waals surface area contributed by atoms with Crippen molar-refractivity contribution in [2.75, 3.05) is 18.4 Å². The Balaban J connectivity index is 0.00000312. The first-order chi connectivity index (χ1) is 11.6. The van der Waals surface area contributed by atoms with E-state index in [2.05, 4.69) is 20.9 Å². The maximum atomic E-state index is 12.1. The van der Waals surface area contributed by atoms with Crippen LogP contribution in [0.5, 0.6) is 0 Å². The normalized spacial score (nSPS) is 14.8. The molecule has 0 aromatic heterocycles. The molecule has 3 N–H and O–H groups in total. The second-order valence-electron chi connectivity index (χ2n) is 6.10. The van der Waals surface area contributed by atoms with Crippen molar-refractivity contribution >= 4 is 53.1 Å². The van der Waals surface area contributed by atoms with Crippen molar-refractivity contribution < 1.29 is 4.79 Å². The van der Waals surface area contributed by atoms with Gasteiger partial charge in [0.2, 0.25) is 5.91 Å². The SMILES string of the molecule is CCNC(=NCCC(=O)Nc1cccc(Cl)c1C)NC1CCCC1.I. The molecular weight excluding hydrogens is 451 g/mol. The zero-order chi connectivity index (χ0) is 17.4. The Labute approximate surface area is 172 Å². The van der Waals surface area contributed by atoms with Crippen molar-refractivity contribution in [1.82, 2.24) is 10.6 Å². The lowest BCUT2D eigenvalue weighted by Crippen LogP contribution is -2.42. The molecular formula is C18H28ClIN4O. The van der Waals surface area contributed by atoms with Crippen LogP contribution >= 0.6 is 35.6 Å². The Morgan fingerprint density at radius 3 is 2.72 bits per heavy atom. The minimum Gasteiger partial charge on any atom is -0.357 e. The molecule has 5 nitrogen and oxygen atoms in total. The number of amides is 1. The van der Waals surface area contributed by atoms with Gasteiger partial charge in [-0.25, -0.2) is 0 Å². The Morgan fingerprint density at radius 1 is 1.32 bits per heavy atom. The molecule has 1 amide bonds. The third-order valence-electron chi connectivity index (χ3n) is 4.19. The Hall–Kier alpha value is -1.02. The highest BCUT2D eigenvalue weighted by Crippen LogP contribution is 2.23. The average molecular weight is 479 g/mol. The van der Waals surface area contributed by atoms with E-state index >= 15 is 0 Å². The number of hydrogen-bond acceptors (Lipinski definition) is 2. The fourth-order valence-electron chi connectivity index (χ4n) is 2.81. The Morgan fingerprint density at radius 2 is 2.04 bits per heavy atom. The summed E-state index contributed by atoms with van der Waals surface area (Å²) in [5.74, 6) is 0.747. The number of benzene rings is 1. The maximum absolute atomic E-state index is 12.1. The summed E-state index contributed by atoms with van der Waals surface area (Å²) in [7, 11) is 0. The number of aliphatic imine (C=N–C) groups is 1. The number of rotatable bonds is 6. The van der Waals surface area contributed by atoms with E-state index in [1.54, 1.807) is 0 Å². The van der Waals surface area contributed by atoms with Crippen molar-refractivity contribution in [3.8, 4) is 0 Å². The summed E-state index contributed by atoms with van der Waals surface area (Å²) in [5.41, 5.74) is 1.64. The fraction of sp³-hybridized carbons (Fsp3) is 0.556. The molecule has 0 heterocycles. The molecule has 1 aromatic carbocycles. The van der Waals surface area contributed by atoms with Gasteiger partial charge in [0.05, 0.1) is 6.54 Å². The molecule has 1 saturated carbocycles. The Kier molecular flexibility index (Phi) is 10.2. The van der Waals surface area contributed by atoms with Gasteiger partial charge in [0.25, 0.3) is 0 Å². The van der Waals surface area contributed by atoms with Crippen molar-refractivity contribution in [1.29, 1.82) is 0 Å². The van der Waals surface area contributed by atoms with Gasteiger partial charge >= 0.3 is 0 Å². The topological polar surface area (TPSA) is 65.5 Å². The van der Waals surface area contributed by atoms with Crippen molar-refractivity contribution in [3.63, 3.8) is 0 Å². The number of nitrogens with one attached hydrogen (secondary N) is 3. The molecule has 1 aromatic rings. The van der Waals surface area contributed by atoms with E-state index in [1.165, 1.54) is 25.7 Å². The van der Waals surface area contributed by atoms with Gasteiger partial charge in [0, 0.05) is 29.7 Å². The van der Waals surface area contributed by atoms with Crippen molar-refractivity contribution in [2.45, 2.75) is 52.0 Å². The first-order valence-corrected chi connectivity index (χ1v) is 9.07. The largest absolute Gasteiger partial charge is 0.357 e. The average Bonchev–Trinajstić information content (AvgIpc) is 3.05. The minimum atomic E-state index is -0.0548. The fourth-order valence-corrected chi connectivity index (χ4v) is 2.98. The first kappa shape index (κ1) is 22.0. The number of carbonyl (C=O) groups excluding carboxylic acids is 1. The second kappa shape index (κ2) is 11.6. The number of anilines is 1. The smallest absolute Gasteiger partial charge is 0.226 e. The van der Waals surface area contributed by atoms with E-state index in [0.717, 1.165) is 23.8 Å². The van der Waals surface area contributed by atoms with Crippen molar-refractivity contribution in [2.24, 2.45) is 4.99 Å². The van der Waals surface area contributed by atoms with Crippen LogP contribution in [0.1, 0.15) is 44.6 Å². The lowest BCUT2D eigenvalue weighted by Gasteiger charge is -2.16. The predicted molar refractivity (Wildman–Crippen MR) is 116 cm³/mol. The van der Waals surface area contributed by atoms with Gasteiger partial charge in [0.1, 0.15) is 0 Å².